The lowest BCUT2D eigenvalue weighted by molar-refractivity contribution is 0.0584. The Hall–Kier alpha value is -0.120. The molecule has 0 bridgehead atoms. The van der Waals surface area contributed by atoms with Crippen LogP contribution in [0.15, 0.2) is 0 Å². The summed E-state index contributed by atoms with van der Waals surface area (Å²) >= 11 is 0. The molecule has 3 heteroatoms. The fourth-order valence-electron chi connectivity index (χ4n) is 2.49. The Labute approximate surface area is 93.2 Å². The van der Waals surface area contributed by atoms with Crippen molar-refractivity contribution in [1.29, 1.82) is 0 Å². The number of hydrogen-bond acceptors (Lipinski definition) is 3. The summed E-state index contributed by atoms with van der Waals surface area (Å²) in [6, 6.07) is 0. The van der Waals surface area contributed by atoms with Crippen LogP contribution < -0.4 is 5.32 Å². The molecule has 0 aromatic heterocycles. The molecule has 1 atom stereocenters. The number of ether oxygens (including phenoxy) is 1. The zero-order valence-corrected chi connectivity index (χ0v) is 9.71. The lowest BCUT2D eigenvalue weighted by Crippen LogP contribution is -2.31. The van der Waals surface area contributed by atoms with Gasteiger partial charge in [-0.1, -0.05) is 6.42 Å². The molecule has 0 aromatic carbocycles. The number of nitrogens with one attached hydrogen (secondary N) is 1. The summed E-state index contributed by atoms with van der Waals surface area (Å²) in [6.07, 6.45) is 7.12. The van der Waals surface area contributed by atoms with Gasteiger partial charge >= 0.3 is 0 Å². The number of rotatable bonds is 5. The molecule has 1 N–H and O–H groups in total. The van der Waals surface area contributed by atoms with Crippen molar-refractivity contribution in [1.82, 2.24) is 10.2 Å². The number of hydrogen-bond donors (Lipinski definition) is 1. The molecule has 0 aliphatic carbocycles. The van der Waals surface area contributed by atoms with Crippen LogP contribution >= 0.6 is 0 Å². The second-order valence-corrected chi connectivity index (χ2v) is 4.74. The van der Waals surface area contributed by atoms with Crippen molar-refractivity contribution >= 4 is 0 Å². The monoisotopic (exact) mass is 212 g/mol. The number of nitrogens with zero attached hydrogens (tertiary/aromatic N) is 1. The first-order chi connectivity index (χ1) is 7.45. The Kier molecular flexibility index (Phi) is 4.90. The van der Waals surface area contributed by atoms with Crippen LogP contribution in [0.3, 0.4) is 0 Å². The van der Waals surface area contributed by atoms with Crippen molar-refractivity contribution in [3.63, 3.8) is 0 Å². The Balaban J connectivity index is 1.47. The van der Waals surface area contributed by atoms with Gasteiger partial charge in [-0.05, 0) is 45.3 Å². The van der Waals surface area contributed by atoms with E-state index in [4.69, 9.17) is 4.74 Å². The van der Waals surface area contributed by atoms with Crippen LogP contribution in [0.1, 0.15) is 32.1 Å². The maximum absolute atomic E-state index is 5.80. The van der Waals surface area contributed by atoms with Gasteiger partial charge in [-0.15, -0.1) is 0 Å². The molecule has 0 radical (unpaired) electrons. The predicted molar refractivity (Wildman–Crippen MR) is 62.1 cm³/mol. The molecule has 0 saturated carbocycles. The van der Waals surface area contributed by atoms with E-state index in [1.54, 1.807) is 0 Å². The van der Waals surface area contributed by atoms with E-state index in [1.165, 1.54) is 51.7 Å². The summed E-state index contributed by atoms with van der Waals surface area (Å²) < 4.78 is 5.80. The lowest BCUT2D eigenvalue weighted by atomic mass is 10.1. The van der Waals surface area contributed by atoms with E-state index in [1.807, 2.05) is 0 Å². The van der Waals surface area contributed by atoms with E-state index < -0.39 is 0 Å². The van der Waals surface area contributed by atoms with Crippen LogP contribution in [0.25, 0.3) is 0 Å². The molecule has 2 rings (SSSR count). The largest absolute Gasteiger partial charge is 0.377 e. The Morgan fingerprint density at radius 2 is 2.07 bits per heavy atom. The Morgan fingerprint density at radius 1 is 1.20 bits per heavy atom. The zero-order chi connectivity index (χ0) is 10.3. The van der Waals surface area contributed by atoms with E-state index in [0.29, 0.717) is 6.10 Å². The molecular formula is C12H24N2O. The highest BCUT2D eigenvalue weighted by atomic mass is 16.5. The quantitative estimate of drug-likeness (QED) is 0.694. The molecule has 1 unspecified atom stereocenters. The molecule has 88 valence electrons. The van der Waals surface area contributed by atoms with Gasteiger partial charge in [-0.2, -0.15) is 0 Å². The smallest absolute Gasteiger partial charge is 0.0711 e. The van der Waals surface area contributed by atoms with Gasteiger partial charge in [0.05, 0.1) is 6.10 Å². The summed E-state index contributed by atoms with van der Waals surface area (Å²) in [6.45, 7) is 7.00. The molecule has 0 aromatic rings. The second kappa shape index (κ2) is 6.46. The first kappa shape index (κ1) is 11.4. The van der Waals surface area contributed by atoms with Gasteiger partial charge in [0, 0.05) is 19.7 Å². The van der Waals surface area contributed by atoms with E-state index in [2.05, 4.69) is 10.2 Å². The molecule has 0 spiro atoms. The van der Waals surface area contributed by atoms with Gasteiger partial charge in [0.2, 0.25) is 0 Å². The summed E-state index contributed by atoms with van der Waals surface area (Å²) in [5, 5.41) is 3.33. The molecule has 2 saturated heterocycles. The minimum Gasteiger partial charge on any atom is -0.377 e. The Morgan fingerprint density at radius 3 is 2.80 bits per heavy atom. The van der Waals surface area contributed by atoms with Crippen LogP contribution in [0.5, 0.6) is 0 Å². The van der Waals surface area contributed by atoms with Gasteiger partial charge in [-0.25, -0.2) is 0 Å². The third-order valence-corrected chi connectivity index (χ3v) is 3.44. The molecule has 2 heterocycles. The first-order valence-electron chi connectivity index (χ1n) is 6.50. The normalized spacial score (nSPS) is 28.4. The topological polar surface area (TPSA) is 24.5 Å². The highest BCUT2D eigenvalue weighted by Crippen LogP contribution is 2.09. The average molecular weight is 212 g/mol. The molecule has 0 amide bonds. The predicted octanol–water partition coefficient (Wildman–Crippen LogP) is 1.24. The fourth-order valence-corrected chi connectivity index (χ4v) is 2.49. The third-order valence-electron chi connectivity index (χ3n) is 3.44. The van der Waals surface area contributed by atoms with Gasteiger partial charge in [0.15, 0.2) is 0 Å². The van der Waals surface area contributed by atoms with Crippen LogP contribution in [0.4, 0.5) is 0 Å². The van der Waals surface area contributed by atoms with Crippen molar-refractivity contribution in [3.05, 3.63) is 0 Å². The fraction of sp³-hybridized carbons (Fsp3) is 1.00. The minimum absolute atomic E-state index is 0.492. The van der Waals surface area contributed by atoms with Crippen LogP contribution in [0, 0.1) is 0 Å². The van der Waals surface area contributed by atoms with Gasteiger partial charge < -0.3 is 15.0 Å². The van der Waals surface area contributed by atoms with E-state index in [0.717, 1.165) is 19.7 Å². The van der Waals surface area contributed by atoms with Gasteiger partial charge in [-0.3, -0.25) is 0 Å². The van der Waals surface area contributed by atoms with Crippen molar-refractivity contribution in [2.75, 3.05) is 39.3 Å². The molecule has 2 fully saturated rings. The standard InChI is InChI=1S/C12H24N2O/c1-2-7-14(8-3-1)9-4-10-15-12-5-6-13-11-12/h12-13H,1-11H2. The van der Waals surface area contributed by atoms with Crippen LogP contribution in [-0.4, -0.2) is 50.3 Å². The maximum Gasteiger partial charge on any atom is 0.0711 e. The highest BCUT2D eigenvalue weighted by molar-refractivity contribution is 4.71. The van der Waals surface area contributed by atoms with E-state index in [9.17, 15) is 0 Å². The van der Waals surface area contributed by atoms with Gasteiger partial charge in [0.25, 0.3) is 0 Å². The van der Waals surface area contributed by atoms with E-state index >= 15 is 0 Å². The maximum atomic E-state index is 5.80. The third kappa shape index (κ3) is 4.09. The SMILES string of the molecule is C1CCN(CCCOC2CCNC2)CC1. The van der Waals surface area contributed by atoms with Crippen molar-refractivity contribution in [3.8, 4) is 0 Å². The summed E-state index contributed by atoms with van der Waals surface area (Å²) in [5.41, 5.74) is 0. The summed E-state index contributed by atoms with van der Waals surface area (Å²) in [4.78, 5) is 2.58. The van der Waals surface area contributed by atoms with Crippen LogP contribution in [-0.2, 0) is 4.74 Å². The summed E-state index contributed by atoms with van der Waals surface area (Å²) in [7, 11) is 0. The lowest BCUT2D eigenvalue weighted by Gasteiger charge is -2.26. The van der Waals surface area contributed by atoms with Crippen molar-refractivity contribution < 1.29 is 4.74 Å². The number of piperidine rings is 1. The molecule has 2 aliphatic heterocycles. The minimum atomic E-state index is 0.492. The van der Waals surface area contributed by atoms with Crippen LogP contribution in [0.2, 0.25) is 0 Å². The van der Waals surface area contributed by atoms with Crippen molar-refractivity contribution in [2.45, 2.75) is 38.2 Å². The molecular weight excluding hydrogens is 188 g/mol. The molecule has 3 nitrogen and oxygen atoms in total. The molecule has 2 aliphatic rings. The number of likely N-dealkylation sites (tertiary alicyclic amines) is 1. The second-order valence-electron chi connectivity index (χ2n) is 4.74. The highest BCUT2D eigenvalue weighted by Gasteiger charge is 2.14. The summed E-state index contributed by atoms with van der Waals surface area (Å²) in [5.74, 6) is 0. The first-order valence-corrected chi connectivity index (χ1v) is 6.50. The molecule has 15 heavy (non-hydrogen) atoms. The zero-order valence-electron chi connectivity index (χ0n) is 9.71. The van der Waals surface area contributed by atoms with Crippen molar-refractivity contribution in [2.24, 2.45) is 0 Å². The Bertz CT molecular complexity index is 163. The van der Waals surface area contributed by atoms with E-state index in [-0.39, 0.29) is 0 Å². The average Bonchev–Trinajstić information content (AvgIpc) is 2.79. The van der Waals surface area contributed by atoms with Gasteiger partial charge in [0.1, 0.15) is 0 Å².